The highest BCUT2D eigenvalue weighted by molar-refractivity contribution is 6.02. The molecule has 1 saturated heterocycles. The lowest BCUT2D eigenvalue weighted by Crippen LogP contribution is -2.62. The maximum atomic E-state index is 13.1. The van der Waals surface area contributed by atoms with Gasteiger partial charge in [0.15, 0.2) is 0 Å². The normalized spacial score (nSPS) is 30.1. The molecule has 13 heteroatoms. The molecule has 49 heavy (non-hydrogen) atoms. The zero-order valence-corrected chi connectivity index (χ0v) is 28.7. The monoisotopic (exact) mass is 684 g/mol. The number of rotatable bonds is 16. The van der Waals surface area contributed by atoms with Crippen molar-refractivity contribution in [2.24, 2.45) is 22.9 Å². The number of aliphatic hydroxyl groups is 3. The average molecular weight is 685 g/mol. The fraction of sp³-hybridized carbons (Fsp3) is 0.694. The van der Waals surface area contributed by atoms with Crippen LogP contribution in [-0.4, -0.2) is 86.2 Å². The molecule has 13 nitrogen and oxygen atoms in total. The molecule has 2 aliphatic carbocycles. The van der Waals surface area contributed by atoms with Gasteiger partial charge in [-0.3, -0.25) is 0 Å². The maximum absolute atomic E-state index is 13.1. The van der Waals surface area contributed by atoms with Crippen molar-refractivity contribution < 1.29 is 44.2 Å². The number of phenols is 1. The number of nitrogens with zero attached hydrogens (tertiary/aromatic N) is 4. The number of phenolic OH excluding ortho intramolecular Hbond substituents is 1. The maximum Gasteiger partial charge on any atom is 0.238 e. The van der Waals surface area contributed by atoms with Gasteiger partial charge in [-0.05, 0) is 88.0 Å². The number of unbranched alkanes of at least 4 members (excludes halogenated alkanes) is 2. The molecule has 2 fully saturated rings. The molecule has 6 rings (SSSR count). The molecular formula is C36H52N4O9. The first-order chi connectivity index (χ1) is 23.9. The lowest BCUT2D eigenvalue weighted by Gasteiger charge is -2.56. The summed E-state index contributed by atoms with van der Waals surface area (Å²) in [6.45, 7) is 5.38. The first-order valence-electron chi connectivity index (χ1n) is 18.1. The molecule has 7 unspecified atom stereocenters. The van der Waals surface area contributed by atoms with Crippen LogP contribution < -0.4 is 4.74 Å². The number of fused-ring (bicyclic) bond motifs is 2. The zero-order valence-electron chi connectivity index (χ0n) is 28.7. The molecule has 2 aliphatic heterocycles. The van der Waals surface area contributed by atoms with Crippen LogP contribution in [0.4, 0.5) is 0 Å². The second-order valence-corrected chi connectivity index (χ2v) is 13.5. The largest absolute Gasteiger partial charge is 0.508 e. The minimum absolute atomic E-state index is 0.0346. The molecular weight excluding hydrogens is 632 g/mol. The Kier molecular flexibility index (Phi) is 11.9. The van der Waals surface area contributed by atoms with Gasteiger partial charge in [-0.2, -0.15) is 0 Å². The SMILES string of the molecule is CCOC(OCC)c1cnnn1C1CC(=NOC2CCCCO2)C2=CC(CCCCO)C(CCCCO)C3c4cc(O)ccc4OC1(O)C23. The first-order valence-corrected chi connectivity index (χ1v) is 18.1. The van der Waals surface area contributed by atoms with Crippen molar-refractivity contribution in [3.8, 4) is 11.5 Å². The third-order valence-electron chi connectivity index (χ3n) is 10.5. The predicted octanol–water partition coefficient (Wildman–Crippen LogP) is 4.88. The van der Waals surface area contributed by atoms with Gasteiger partial charge in [-0.1, -0.05) is 29.3 Å². The van der Waals surface area contributed by atoms with E-state index in [4.69, 9.17) is 28.9 Å². The van der Waals surface area contributed by atoms with Crippen LogP contribution in [0, 0.1) is 17.8 Å². The van der Waals surface area contributed by atoms with Crippen molar-refractivity contribution in [1.29, 1.82) is 0 Å². The van der Waals surface area contributed by atoms with Crippen molar-refractivity contribution in [3.63, 3.8) is 0 Å². The summed E-state index contributed by atoms with van der Waals surface area (Å²) in [5.74, 6) is -1.98. The van der Waals surface area contributed by atoms with Crippen LogP contribution >= 0.6 is 0 Å². The minimum Gasteiger partial charge on any atom is -0.508 e. The lowest BCUT2D eigenvalue weighted by molar-refractivity contribution is -0.228. The molecule has 1 aromatic carbocycles. The summed E-state index contributed by atoms with van der Waals surface area (Å²) in [5, 5.41) is 56.8. The van der Waals surface area contributed by atoms with E-state index in [0.717, 1.165) is 56.1 Å². The van der Waals surface area contributed by atoms with Crippen LogP contribution in [0.25, 0.3) is 0 Å². The highest BCUT2D eigenvalue weighted by Crippen LogP contribution is 2.62. The summed E-state index contributed by atoms with van der Waals surface area (Å²) in [6, 6.07) is 4.24. The summed E-state index contributed by atoms with van der Waals surface area (Å²) in [7, 11) is 0. The second kappa shape index (κ2) is 16.3. The predicted molar refractivity (Wildman–Crippen MR) is 179 cm³/mol. The number of aliphatic hydroxyl groups excluding tert-OH is 2. The van der Waals surface area contributed by atoms with E-state index < -0.39 is 30.3 Å². The summed E-state index contributed by atoms with van der Waals surface area (Å²) in [6.07, 6.45) is 10.1. The molecule has 0 bridgehead atoms. The van der Waals surface area contributed by atoms with Gasteiger partial charge >= 0.3 is 0 Å². The molecule has 4 N–H and O–H groups in total. The van der Waals surface area contributed by atoms with E-state index in [0.29, 0.717) is 49.8 Å². The van der Waals surface area contributed by atoms with E-state index in [1.807, 2.05) is 13.8 Å². The molecule has 7 atom stereocenters. The molecule has 0 radical (unpaired) electrons. The Morgan fingerprint density at radius 1 is 1.06 bits per heavy atom. The Balaban J connectivity index is 1.52. The van der Waals surface area contributed by atoms with E-state index in [1.54, 1.807) is 29.1 Å². The van der Waals surface area contributed by atoms with Gasteiger partial charge in [-0.15, -0.1) is 5.10 Å². The Morgan fingerprint density at radius 3 is 2.55 bits per heavy atom. The molecule has 1 saturated carbocycles. The molecule has 2 aromatic rings. The van der Waals surface area contributed by atoms with Crippen molar-refractivity contribution in [3.05, 3.63) is 47.3 Å². The van der Waals surface area contributed by atoms with E-state index in [2.05, 4.69) is 16.4 Å². The highest BCUT2D eigenvalue weighted by Gasteiger charge is 2.63. The Morgan fingerprint density at radius 2 is 1.84 bits per heavy atom. The van der Waals surface area contributed by atoms with Gasteiger partial charge in [0.1, 0.15) is 23.2 Å². The number of ether oxygens (including phenoxy) is 4. The Labute approximate surface area is 287 Å². The van der Waals surface area contributed by atoms with Crippen molar-refractivity contribution in [2.75, 3.05) is 33.0 Å². The van der Waals surface area contributed by atoms with Gasteiger partial charge < -0.3 is 44.2 Å². The third kappa shape index (κ3) is 7.38. The highest BCUT2D eigenvalue weighted by atomic mass is 16.8. The van der Waals surface area contributed by atoms with Gasteiger partial charge in [-0.25, -0.2) is 4.68 Å². The number of oxime groups is 1. The summed E-state index contributed by atoms with van der Waals surface area (Å²) >= 11 is 0. The van der Waals surface area contributed by atoms with E-state index in [1.165, 1.54) is 0 Å². The topological polar surface area (TPSA) is 170 Å². The summed E-state index contributed by atoms with van der Waals surface area (Å²) in [4.78, 5) is 6.08. The Hall–Kier alpha value is -3.07. The number of hydrogen-bond donors (Lipinski definition) is 4. The summed E-state index contributed by atoms with van der Waals surface area (Å²) in [5.41, 5.74) is 2.86. The average Bonchev–Trinajstić information content (AvgIpc) is 3.59. The third-order valence-corrected chi connectivity index (χ3v) is 10.5. The molecule has 0 amide bonds. The minimum atomic E-state index is -1.81. The summed E-state index contributed by atoms with van der Waals surface area (Å²) < 4.78 is 26.1. The van der Waals surface area contributed by atoms with Gasteiger partial charge in [0.2, 0.25) is 18.4 Å². The lowest BCUT2D eigenvalue weighted by atomic mass is 9.55. The number of benzene rings is 1. The number of hydrogen-bond acceptors (Lipinski definition) is 12. The first kappa shape index (κ1) is 35.7. The van der Waals surface area contributed by atoms with Crippen molar-refractivity contribution in [2.45, 2.75) is 108 Å². The quantitative estimate of drug-likeness (QED) is 0.108. The van der Waals surface area contributed by atoms with Crippen molar-refractivity contribution in [1.82, 2.24) is 15.0 Å². The fourth-order valence-corrected chi connectivity index (χ4v) is 8.31. The molecule has 4 aliphatic rings. The molecule has 3 heterocycles. The molecule has 0 spiro atoms. The second-order valence-electron chi connectivity index (χ2n) is 13.5. The van der Waals surface area contributed by atoms with Crippen LogP contribution in [0.2, 0.25) is 0 Å². The van der Waals surface area contributed by atoms with E-state index in [-0.39, 0.29) is 43.1 Å². The molecule has 1 aromatic heterocycles. The van der Waals surface area contributed by atoms with Crippen molar-refractivity contribution >= 4 is 5.71 Å². The van der Waals surface area contributed by atoms with Crippen LogP contribution in [0.3, 0.4) is 0 Å². The van der Waals surface area contributed by atoms with Crippen LogP contribution in [0.5, 0.6) is 11.5 Å². The van der Waals surface area contributed by atoms with E-state index >= 15 is 0 Å². The van der Waals surface area contributed by atoms with Gasteiger partial charge in [0.25, 0.3) is 0 Å². The smallest absolute Gasteiger partial charge is 0.238 e. The number of aromatic hydroxyl groups is 1. The molecule has 270 valence electrons. The van der Waals surface area contributed by atoms with Crippen LogP contribution in [0.1, 0.15) is 108 Å². The number of aromatic nitrogens is 3. The standard InChI is InChI=1S/C36H52N4O9/c1-3-45-35(46-4-2)29-22-37-39-40(29)31-21-28(38-49-32-13-7-10-18-47-32)26-19-23(11-5-8-16-41)25(12-6-9-17-42)33-27-20-24(43)14-15-30(27)48-36(31,44)34(26)33/h14-15,19-20,22-23,25,31-35,41-44H,3-13,16-18,21H2,1-2H3. The zero-order chi connectivity index (χ0) is 34.4. The fourth-order valence-electron chi connectivity index (χ4n) is 8.31. The van der Waals surface area contributed by atoms with Crippen LogP contribution in [0.15, 0.2) is 41.2 Å². The van der Waals surface area contributed by atoms with Gasteiger partial charge in [0.05, 0.1) is 24.4 Å². The van der Waals surface area contributed by atoms with Gasteiger partial charge in [0, 0.05) is 50.8 Å². The van der Waals surface area contributed by atoms with Crippen LogP contribution in [-0.2, 0) is 19.0 Å². The number of allylic oxidation sites excluding steroid dienone is 1. The van der Waals surface area contributed by atoms with E-state index in [9.17, 15) is 20.4 Å². The Bertz CT molecular complexity index is 1440.